The highest BCUT2D eigenvalue weighted by atomic mass is 32.2. The smallest absolute Gasteiger partial charge is 0.0878 e. The van der Waals surface area contributed by atoms with Gasteiger partial charge in [-0.3, -0.25) is 0 Å². The lowest BCUT2D eigenvalue weighted by molar-refractivity contribution is -0.925. The van der Waals surface area contributed by atoms with Crippen LogP contribution in [0, 0.1) is 0 Å². The normalized spacial score (nSPS) is 17.0. The molecule has 1 fully saturated rings. The van der Waals surface area contributed by atoms with Crippen LogP contribution in [0.4, 0.5) is 0 Å². The van der Waals surface area contributed by atoms with E-state index in [4.69, 9.17) is 0 Å². The van der Waals surface area contributed by atoms with Gasteiger partial charge in [0.1, 0.15) is 0 Å². The van der Waals surface area contributed by atoms with Crippen LogP contribution in [0.2, 0.25) is 0 Å². The highest BCUT2D eigenvalue weighted by Crippen LogP contribution is 2.21. The van der Waals surface area contributed by atoms with Crippen LogP contribution in [0.5, 0.6) is 0 Å². The molecular weight excluding hydrogens is 322 g/mol. The second kappa shape index (κ2) is 16.5. The summed E-state index contributed by atoms with van der Waals surface area (Å²) in [5.74, 6) is 2.80. The zero-order valence-corrected chi connectivity index (χ0v) is 18.5. The molecule has 1 aliphatic heterocycles. The Morgan fingerprint density at radius 3 is 1.40 bits per heavy atom. The first-order valence-corrected chi connectivity index (χ1v) is 12.9. The summed E-state index contributed by atoms with van der Waals surface area (Å²) in [5, 5.41) is 0. The van der Waals surface area contributed by atoms with E-state index in [1.54, 1.807) is 0 Å². The third kappa shape index (κ3) is 12.3. The van der Waals surface area contributed by atoms with Crippen LogP contribution in [-0.2, 0) is 0 Å². The fourth-order valence-corrected chi connectivity index (χ4v) is 5.64. The third-order valence-electron chi connectivity index (χ3n) is 6.10. The van der Waals surface area contributed by atoms with Crippen LogP contribution in [0.3, 0.4) is 0 Å². The molecule has 1 aliphatic rings. The Morgan fingerprint density at radius 2 is 0.960 bits per heavy atom. The predicted octanol–water partition coefficient (Wildman–Crippen LogP) is 7.44. The fourth-order valence-electron chi connectivity index (χ4n) is 4.41. The standard InChI is InChI=1S/C23H48NS/c1-3-5-6-7-8-9-10-11-12-13-14-15-16-17-19-24(18-4-2)20-22-25-23-21-24/h3-23H2,1-2H3/q+1. The summed E-state index contributed by atoms with van der Waals surface area (Å²) in [6.07, 6.45) is 22.0. The SMILES string of the molecule is CCCCCCCCCCCCCCCC[N+]1(CCC)CCSCC1. The van der Waals surface area contributed by atoms with E-state index in [0.717, 1.165) is 0 Å². The maximum Gasteiger partial charge on any atom is 0.0878 e. The Hall–Kier alpha value is 0.310. The van der Waals surface area contributed by atoms with Gasteiger partial charge in [-0.05, 0) is 19.3 Å². The van der Waals surface area contributed by atoms with Crippen LogP contribution >= 0.6 is 11.8 Å². The maximum atomic E-state index is 2.37. The summed E-state index contributed by atoms with van der Waals surface area (Å²) in [5.41, 5.74) is 0. The number of unbranched alkanes of at least 4 members (excludes halogenated alkanes) is 13. The van der Waals surface area contributed by atoms with Crippen molar-refractivity contribution in [3.63, 3.8) is 0 Å². The Balaban J connectivity index is 1.85. The Bertz CT molecular complexity index is 268. The molecule has 25 heavy (non-hydrogen) atoms. The quantitative estimate of drug-likeness (QED) is 0.189. The molecule has 0 bridgehead atoms. The van der Waals surface area contributed by atoms with E-state index >= 15 is 0 Å². The van der Waals surface area contributed by atoms with Gasteiger partial charge in [-0.2, -0.15) is 11.8 Å². The van der Waals surface area contributed by atoms with E-state index in [1.165, 1.54) is 138 Å². The van der Waals surface area contributed by atoms with Gasteiger partial charge in [0, 0.05) is 11.5 Å². The molecule has 150 valence electrons. The van der Waals surface area contributed by atoms with Crippen molar-refractivity contribution in [3.05, 3.63) is 0 Å². The molecule has 0 aromatic rings. The summed E-state index contributed by atoms with van der Waals surface area (Å²) in [6, 6.07) is 0. The minimum absolute atomic E-state index is 1.36. The maximum absolute atomic E-state index is 2.37. The molecule has 0 atom stereocenters. The molecular formula is C23H48NS+. The van der Waals surface area contributed by atoms with Crippen LogP contribution in [0.25, 0.3) is 0 Å². The topological polar surface area (TPSA) is 0 Å². The minimum Gasteiger partial charge on any atom is -0.322 e. The highest BCUT2D eigenvalue weighted by molar-refractivity contribution is 7.99. The molecule has 2 heteroatoms. The Morgan fingerprint density at radius 1 is 0.520 bits per heavy atom. The van der Waals surface area contributed by atoms with E-state index in [2.05, 4.69) is 25.6 Å². The molecule has 0 aromatic heterocycles. The van der Waals surface area contributed by atoms with Gasteiger partial charge in [-0.1, -0.05) is 90.9 Å². The predicted molar refractivity (Wildman–Crippen MR) is 118 cm³/mol. The van der Waals surface area contributed by atoms with Gasteiger partial charge >= 0.3 is 0 Å². The van der Waals surface area contributed by atoms with Gasteiger partial charge < -0.3 is 4.48 Å². The largest absolute Gasteiger partial charge is 0.322 e. The van der Waals surface area contributed by atoms with Gasteiger partial charge in [0.2, 0.25) is 0 Å². The third-order valence-corrected chi connectivity index (χ3v) is 7.05. The number of thioether (sulfide) groups is 1. The molecule has 1 rings (SSSR count). The van der Waals surface area contributed by atoms with Crippen molar-refractivity contribution in [2.75, 3.05) is 37.7 Å². The van der Waals surface area contributed by atoms with E-state index in [-0.39, 0.29) is 0 Å². The van der Waals surface area contributed by atoms with E-state index < -0.39 is 0 Å². The first-order valence-electron chi connectivity index (χ1n) is 11.8. The van der Waals surface area contributed by atoms with Crippen LogP contribution in [0.1, 0.15) is 110 Å². The van der Waals surface area contributed by atoms with Crippen LogP contribution < -0.4 is 0 Å². The lowest BCUT2D eigenvalue weighted by Gasteiger charge is -2.41. The van der Waals surface area contributed by atoms with Gasteiger partial charge in [0.15, 0.2) is 0 Å². The minimum atomic E-state index is 1.36. The van der Waals surface area contributed by atoms with Crippen molar-refractivity contribution >= 4 is 11.8 Å². The summed E-state index contributed by atoms with van der Waals surface area (Å²) in [4.78, 5) is 0. The van der Waals surface area contributed by atoms with Crippen LogP contribution in [0.15, 0.2) is 0 Å². The van der Waals surface area contributed by atoms with Gasteiger partial charge in [0.25, 0.3) is 0 Å². The molecule has 0 radical (unpaired) electrons. The summed E-state index contributed by atoms with van der Waals surface area (Å²) in [6.45, 7) is 10.4. The molecule has 1 saturated heterocycles. The van der Waals surface area contributed by atoms with E-state index in [9.17, 15) is 0 Å². The van der Waals surface area contributed by atoms with Crippen LogP contribution in [-0.4, -0.2) is 42.2 Å². The lowest BCUT2D eigenvalue weighted by atomic mass is 10.0. The average Bonchev–Trinajstić information content (AvgIpc) is 2.63. The lowest BCUT2D eigenvalue weighted by Crippen LogP contribution is -2.54. The van der Waals surface area contributed by atoms with Crippen molar-refractivity contribution < 1.29 is 4.48 Å². The molecule has 0 N–H and O–H groups in total. The van der Waals surface area contributed by atoms with Gasteiger partial charge in [-0.25, -0.2) is 0 Å². The molecule has 0 unspecified atom stereocenters. The first-order chi connectivity index (χ1) is 12.3. The molecule has 1 heterocycles. The molecule has 0 amide bonds. The van der Waals surface area contributed by atoms with Crippen molar-refractivity contribution in [2.24, 2.45) is 0 Å². The van der Waals surface area contributed by atoms with Crippen molar-refractivity contribution in [2.45, 2.75) is 110 Å². The summed E-state index contributed by atoms with van der Waals surface area (Å²) >= 11 is 2.17. The zero-order valence-electron chi connectivity index (χ0n) is 17.7. The van der Waals surface area contributed by atoms with Gasteiger partial charge in [0.05, 0.1) is 26.2 Å². The van der Waals surface area contributed by atoms with Crippen molar-refractivity contribution in [1.82, 2.24) is 0 Å². The summed E-state index contributed by atoms with van der Waals surface area (Å²) < 4.78 is 1.45. The zero-order chi connectivity index (χ0) is 18.1. The number of nitrogens with zero attached hydrogens (tertiary/aromatic N) is 1. The molecule has 1 nitrogen and oxygen atoms in total. The molecule has 0 aliphatic carbocycles. The van der Waals surface area contributed by atoms with Crippen molar-refractivity contribution in [1.29, 1.82) is 0 Å². The number of hydrogen-bond acceptors (Lipinski definition) is 1. The van der Waals surface area contributed by atoms with Gasteiger partial charge in [-0.15, -0.1) is 0 Å². The monoisotopic (exact) mass is 370 g/mol. The molecule has 0 saturated carbocycles. The van der Waals surface area contributed by atoms with Crippen molar-refractivity contribution in [3.8, 4) is 0 Å². The Kier molecular flexibility index (Phi) is 15.4. The molecule has 0 spiro atoms. The highest BCUT2D eigenvalue weighted by Gasteiger charge is 2.28. The summed E-state index contributed by atoms with van der Waals surface area (Å²) in [7, 11) is 0. The van der Waals surface area contributed by atoms with E-state index in [0.29, 0.717) is 0 Å². The average molecular weight is 371 g/mol. The Labute approximate surface area is 164 Å². The second-order valence-corrected chi connectivity index (χ2v) is 9.67. The molecule has 0 aromatic carbocycles. The number of hydrogen-bond donors (Lipinski definition) is 0. The number of rotatable bonds is 17. The fraction of sp³-hybridized carbons (Fsp3) is 1.00. The van der Waals surface area contributed by atoms with E-state index in [1.807, 2.05) is 0 Å². The number of quaternary nitrogens is 1. The first kappa shape index (κ1) is 23.3. The second-order valence-electron chi connectivity index (χ2n) is 8.44.